The molecule has 0 aromatic heterocycles. The summed E-state index contributed by atoms with van der Waals surface area (Å²) in [5.41, 5.74) is 0.590. The zero-order valence-electron chi connectivity index (χ0n) is 17.9. The van der Waals surface area contributed by atoms with E-state index < -0.39 is 23.4 Å². The van der Waals surface area contributed by atoms with Gasteiger partial charge in [-0.25, -0.2) is 13.2 Å². The minimum atomic E-state index is -1.39. The highest BCUT2D eigenvalue weighted by molar-refractivity contribution is 5.23. The second-order valence-corrected chi connectivity index (χ2v) is 9.56. The number of hydrogen-bond acceptors (Lipinski definition) is 3. The van der Waals surface area contributed by atoms with Crippen LogP contribution in [-0.2, 0) is 14.2 Å². The quantitative estimate of drug-likeness (QED) is 0.353. The van der Waals surface area contributed by atoms with E-state index in [-0.39, 0.29) is 11.3 Å². The van der Waals surface area contributed by atoms with Gasteiger partial charge >= 0.3 is 0 Å². The highest BCUT2D eigenvalue weighted by atomic mass is 19.2. The van der Waals surface area contributed by atoms with E-state index in [0.29, 0.717) is 37.7 Å². The Morgan fingerprint density at radius 2 is 1.47 bits per heavy atom. The minimum absolute atomic E-state index is 0.0225. The maximum Gasteiger partial charge on any atom is 0.282 e. The number of unbranched alkanes of at least 4 members (excludes halogenated alkanes) is 2. The van der Waals surface area contributed by atoms with Crippen molar-refractivity contribution in [2.75, 3.05) is 19.8 Å². The molecule has 30 heavy (non-hydrogen) atoms. The summed E-state index contributed by atoms with van der Waals surface area (Å²) in [4.78, 5) is 0. The smallest absolute Gasteiger partial charge is 0.282 e. The molecular weight excluding hydrogens is 393 g/mol. The summed E-state index contributed by atoms with van der Waals surface area (Å²) in [6.45, 7) is 4.35. The van der Waals surface area contributed by atoms with E-state index in [4.69, 9.17) is 14.2 Å². The average molecular weight is 427 g/mol. The van der Waals surface area contributed by atoms with Crippen LogP contribution in [0.3, 0.4) is 0 Å². The second-order valence-electron chi connectivity index (χ2n) is 9.56. The van der Waals surface area contributed by atoms with Gasteiger partial charge in [0.05, 0.1) is 19.8 Å². The van der Waals surface area contributed by atoms with Crippen LogP contribution >= 0.6 is 0 Å². The van der Waals surface area contributed by atoms with E-state index in [0.717, 1.165) is 50.7 Å². The van der Waals surface area contributed by atoms with Crippen molar-refractivity contribution in [2.45, 2.75) is 83.0 Å². The van der Waals surface area contributed by atoms with Gasteiger partial charge in [0.1, 0.15) is 0 Å². The molecule has 6 heteroatoms. The standard InChI is InChI=1S/C24H33F3O3/c1-2-3-4-10-23-14-28-24(29-15-23,30-16-23)11-9-17-5-7-18(8-6-17)19-12-20(25)22(27)21(26)13-19/h12-13,17-18H,2-11,14-16H2,1H3. The predicted octanol–water partition coefficient (Wildman–Crippen LogP) is 6.46. The molecule has 0 N–H and O–H groups in total. The summed E-state index contributed by atoms with van der Waals surface area (Å²) >= 11 is 0. The zero-order valence-corrected chi connectivity index (χ0v) is 17.9. The lowest BCUT2D eigenvalue weighted by molar-refractivity contribution is -0.471. The van der Waals surface area contributed by atoms with Crippen molar-refractivity contribution >= 4 is 0 Å². The Kier molecular flexibility index (Phi) is 6.76. The number of hydrogen-bond donors (Lipinski definition) is 0. The fraction of sp³-hybridized carbons (Fsp3) is 0.750. The molecule has 5 rings (SSSR count). The van der Waals surface area contributed by atoms with E-state index in [1.807, 2.05) is 0 Å². The summed E-state index contributed by atoms with van der Waals surface area (Å²) in [7, 11) is 0. The third-order valence-electron chi connectivity index (χ3n) is 7.29. The van der Waals surface area contributed by atoms with Gasteiger partial charge in [-0.15, -0.1) is 0 Å². The highest BCUT2D eigenvalue weighted by Gasteiger charge is 2.52. The summed E-state index contributed by atoms with van der Waals surface area (Å²) in [6, 6.07) is 2.30. The van der Waals surface area contributed by atoms with Crippen LogP contribution in [-0.4, -0.2) is 25.8 Å². The number of ether oxygens (including phenoxy) is 3. The molecule has 0 spiro atoms. The molecule has 3 heterocycles. The van der Waals surface area contributed by atoms with E-state index in [2.05, 4.69) is 6.92 Å². The van der Waals surface area contributed by atoms with E-state index >= 15 is 0 Å². The Hall–Kier alpha value is -1.11. The first-order valence-corrected chi connectivity index (χ1v) is 11.5. The van der Waals surface area contributed by atoms with Crippen LogP contribution in [0.5, 0.6) is 0 Å². The lowest BCUT2D eigenvalue weighted by Crippen LogP contribution is -2.60. The van der Waals surface area contributed by atoms with Crippen molar-refractivity contribution in [3.63, 3.8) is 0 Å². The molecule has 2 bridgehead atoms. The normalized spacial score (nSPS) is 33.7. The van der Waals surface area contributed by atoms with E-state index in [1.54, 1.807) is 0 Å². The maximum atomic E-state index is 13.5. The highest BCUT2D eigenvalue weighted by Crippen LogP contribution is 2.45. The largest absolute Gasteiger partial charge is 0.327 e. The molecule has 3 saturated heterocycles. The molecule has 3 nitrogen and oxygen atoms in total. The van der Waals surface area contributed by atoms with Crippen molar-refractivity contribution in [1.29, 1.82) is 0 Å². The first-order valence-electron chi connectivity index (χ1n) is 11.5. The third-order valence-corrected chi connectivity index (χ3v) is 7.29. The van der Waals surface area contributed by atoms with Crippen molar-refractivity contribution in [2.24, 2.45) is 11.3 Å². The van der Waals surface area contributed by atoms with Gasteiger partial charge < -0.3 is 14.2 Å². The van der Waals surface area contributed by atoms with Gasteiger partial charge in [-0.3, -0.25) is 0 Å². The predicted molar refractivity (Wildman–Crippen MR) is 107 cm³/mol. The second kappa shape index (κ2) is 9.17. The molecule has 3 aliphatic heterocycles. The van der Waals surface area contributed by atoms with Gasteiger partial charge in [0.15, 0.2) is 17.5 Å². The van der Waals surface area contributed by atoms with Gasteiger partial charge in [0.2, 0.25) is 0 Å². The lowest BCUT2D eigenvalue weighted by Gasteiger charge is -2.52. The van der Waals surface area contributed by atoms with Crippen molar-refractivity contribution in [3.8, 4) is 0 Å². The Labute approximate surface area is 177 Å². The molecule has 1 aromatic carbocycles. The topological polar surface area (TPSA) is 27.7 Å². The number of halogens is 3. The van der Waals surface area contributed by atoms with Crippen LogP contribution in [0.1, 0.15) is 82.6 Å². The summed E-state index contributed by atoms with van der Waals surface area (Å²) < 4.78 is 58.5. The molecule has 4 fully saturated rings. The maximum absolute atomic E-state index is 13.5. The number of benzene rings is 1. The Balaban J connectivity index is 1.23. The molecule has 0 radical (unpaired) electrons. The summed E-state index contributed by atoms with van der Waals surface area (Å²) in [5, 5.41) is 0. The van der Waals surface area contributed by atoms with Crippen molar-refractivity contribution < 1.29 is 27.4 Å². The first-order chi connectivity index (χ1) is 14.4. The Bertz CT molecular complexity index is 683. The van der Waals surface area contributed by atoms with Crippen LogP contribution in [0, 0.1) is 28.8 Å². The van der Waals surface area contributed by atoms with E-state index in [9.17, 15) is 13.2 Å². The van der Waals surface area contributed by atoms with Gasteiger partial charge in [-0.2, -0.15) is 0 Å². The molecule has 1 saturated carbocycles. The van der Waals surface area contributed by atoms with Gasteiger partial charge in [0, 0.05) is 11.8 Å². The van der Waals surface area contributed by atoms with Crippen molar-refractivity contribution in [3.05, 3.63) is 35.1 Å². The average Bonchev–Trinajstić information content (AvgIpc) is 2.78. The van der Waals surface area contributed by atoms with Crippen molar-refractivity contribution in [1.82, 2.24) is 0 Å². The Morgan fingerprint density at radius 1 is 0.867 bits per heavy atom. The summed E-state index contributed by atoms with van der Waals surface area (Å²) in [5.74, 6) is -3.87. The van der Waals surface area contributed by atoms with Gasteiger partial charge in [-0.05, 0) is 68.1 Å². The fourth-order valence-corrected chi connectivity index (χ4v) is 5.20. The molecule has 4 aliphatic rings. The lowest BCUT2D eigenvalue weighted by atomic mass is 9.77. The monoisotopic (exact) mass is 426 g/mol. The molecular formula is C24H33F3O3. The Morgan fingerprint density at radius 3 is 2.03 bits per heavy atom. The van der Waals surface area contributed by atoms with Gasteiger partial charge in [0.25, 0.3) is 5.97 Å². The van der Waals surface area contributed by atoms with Crippen LogP contribution in [0.15, 0.2) is 12.1 Å². The summed E-state index contributed by atoms with van der Waals surface area (Å²) in [6.07, 6.45) is 10.0. The zero-order chi connectivity index (χ0) is 21.2. The molecule has 1 aromatic rings. The molecule has 0 unspecified atom stereocenters. The molecule has 168 valence electrons. The van der Waals surface area contributed by atoms with Gasteiger partial charge in [-0.1, -0.05) is 26.2 Å². The molecule has 1 aliphatic carbocycles. The molecule has 0 atom stereocenters. The van der Waals surface area contributed by atoms with E-state index in [1.165, 1.54) is 19.3 Å². The van der Waals surface area contributed by atoms with Crippen LogP contribution in [0.2, 0.25) is 0 Å². The number of fused-ring (bicyclic) bond motifs is 3. The molecule has 0 amide bonds. The minimum Gasteiger partial charge on any atom is -0.327 e. The van der Waals surface area contributed by atoms with Crippen LogP contribution < -0.4 is 0 Å². The van der Waals surface area contributed by atoms with Crippen LogP contribution in [0.25, 0.3) is 0 Å². The van der Waals surface area contributed by atoms with Crippen LogP contribution in [0.4, 0.5) is 13.2 Å². The first kappa shape index (κ1) is 22.1. The number of rotatable bonds is 8. The fourth-order valence-electron chi connectivity index (χ4n) is 5.20. The SMILES string of the molecule is CCCCCC12COC(CCC3CCC(c4cc(F)c(F)c(F)c4)CC3)(OC1)OC2. The third kappa shape index (κ3) is 4.71.